The van der Waals surface area contributed by atoms with E-state index in [1.54, 1.807) is 25.1 Å². The van der Waals surface area contributed by atoms with Crippen LogP contribution in [0.2, 0.25) is 0 Å². The minimum Gasteiger partial charge on any atom is -0.493 e. The zero-order chi connectivity index (χ0) is 27.9. The first-order valence-corrected chi connectivity index (χ1v) is 14.9. The maximum atomic E-state index is 13.0. The standard InChI is InChI=1S/C31H39F3N2O2S/c1-4-30(2,36-17-7-5-8-18-36)23-12-14-27(28(22-23)37-3)38-19-9-6-10-20-39-29-15-16-35-26-21-24(31(32,33)34)11-13-25(26)29/h11-16,21-22H,4-10,17-20H2,1-3H3. The number of nitrogens with zero attached hydrogens (tertiary/aromatic N) is 2. The van der Waals surface area contributed by atoms with Gasteiger partial charge in [0.1, 0.15) is 0 Å². The van der Waals surface area contributed by atoms with Crippen LogP contribution in [0.5, 0.6) is 11.5 Å². The van der Waals surface area contributed by atoms with Crippen LogP contribution >= 0.6 is 11.8 Å². The van der Waals surface area contributed by atoms with Crippen molar-refractivity contribution < 1.29 is 22.6 Å². The van der Waals surface area contributed by atoms with Crippen molar-refractivity contribution in [3.05, 3.63) is 59.8 Å². The Labute approximate surface area is 234 Å². The van der Waals surface area contributed by atoms with Crippen molar-refractivity contribution in [3.63, 3.8) is 0 Å². The van der Waals surface area contributed by atoms with Crippen LogP contribution in [0.3, 0.4) is 0 Å². The summed E-state index contributed by atoms with van der Waals surface area (Å²) in [5.41, 5.74) is 0.965. The van der Waals surface area contributed by atoms with E-state index in [1.165, 1.54) is 30.9 Å². The fraction of sp³-hybridized carbons (Fsp3) is 0.516. The number of halogens is 3. The van der Waals surface area contributed by atoms with Crippen LogP contribution in [0, 0.1) is 0 Å². The molecule has 2 heterocycles. The number of ether oxygens (including phenoxy) is 2. The third-order valence-corrected chi connectivity index (χ3v) is 9.02. The Bertz CT molecular complexity index is 1230. The molecule has 0 amide bonds. The molecule has 2 aromatic carbocycles. The van der Waals surface area contributed by atoms with Gasteiger partial charge in [-0.2, -0.15) is 13.2 Å². The van der Waals surface area contributed by atoms with Gasteiger partial charge in [-0.25, -0.2) is 0 Å². The topological polar surface area (TPSA) is 34.6 Å². The van der Waals surface area contributed by atoms with E-state index < -0.39 is 11.7 Å². The maximum Gasteiger partial charge on any atom is 0.416 e. The van der Waals surface area contributed by atoms with E-state index in [-0.39, 0.29) is 5.54 Å². The first-order valence-electron chi connectivity index (χ1n) is 13.9. The molecule has 0 saturated carbocycles. The highest BCUT2D eigenvalue weighted by atomic mass is 32.2. The van der Waals surface area contributed by atoms with Gasteiger partial charge < -0.3 is 9.47 Å². The van der Waals surface area contributed by atoms with Gasteiger partial charge in [0.15, 0.2) is 11.5 Å². The number of aromatic nitrogens is 1. The van der Waals surface area contributed by atoms with E-state index in [9.17, 15) is 13.2 Å². The molecule has 0 radical (unpaired) electrons. The SMILES string of the molecule is CCC(C)(c1ccc(OCCCCCSc2ccnc3cc(C(F)(F)F)ccc23)c(OC)c1)N1CCCCC1. The number of thioether (sulfide) groups is 1. The average molecular weight is 561 g/mol. The van der Waals surface area contributed by atoms with E-state index in [1.807, 2.05) is 12.1 Å². The van der Waals surface area contributed by atoms with Crippen LogP contribution in [0.1, 0.15) is 69.9 Å². The number of piperidine rings is 1. The molecule has 3 aromatic rings. The number of unbranched alkanes of at least 4 members (excludes halogenated alkanes) is 2. The highest BCUT2D eigenvalue weighted by molar-refractivity contribution is 7.99. The number of methoxy groups -OCH3 is 1. The number of likely N-dealkylation sites (tertiary alicyclic amines) is 1. The largest absolute Gasteiger partial charge is 0.493 e. The Kier molecular flexibility index (Phi) is 10.0. The third-order valence-electron chi connectivity index (χ3n) is 7.86. The lowest BCUT2D eigenvalue weighted by Gasteiger charge is -2.43. The molecule has 4 nitrogen and oxygen atoms in total. The lowest BCUT2D eigenvalue weighted by molar-refractivity contribution is -0.137. The number of hydrogen-bond acceptors (Lipinski definition) is 5. The second-order valence-corrected chi connectivity index (χ2v) is 11.5. The first-order chi connectivity index (χ1) is 18.8. The van der Waals surface area contributed by atoms with E-state index in [4.69, 9.17) is 9.47 Å². The molecule has 1 atom stereocenters. The predicted octanol–water partition coefficient (Wildman–Crippen LogP) is 8.71. The number of fused-ring (bicyclic) bond motifs is 1. The first kappa shape index (κ1) is 29.5. The van der Waals surface area contributed by atoms with Crippen molar-refractivity contribution >= 4 is 22.7 Å². The van der Waals surface area contributed by atoms with Crippen LogP contribution in [-0.4, -0.2) is 42.4 Å². The molecule has 0 bridgehead atoms. The van der Waals surface area contributed by atoms with Crippen molar-refractivity contribution in [2.75, 3.05) is 32.6 Å². The molecule has 1 aliphatic heterocycles. The maximum absolute atomic E-state index is 13.0. The summed E-state index contributed by atoms with van der Waals surface area (Å²) < 4.78 is 50.8. The lowest BCUT2D eigenvalue weighted by atomic mass is 9.85. The molecule has 0 aliphatic carbocycles. The van der Waals surface area contributed by atoms with Gasteiger partial charge in [-0.3, -0.25) is 9.88 Å². The Hall–Kier alpha value is -2.45. The molecule has 1 saturated heterocycles. The van der Waals surface area contributed by atoms with Gasteiger partial charge in [0.05, 0.1) is 24.8 Å². The van der Waals surface area contributed by atoms with Crippen LogP contribution in [0.4, 0.5) is 13.2 Å². The number of benzene rings is 2. The van der Waals surface area contributed by atoms with Gasteiger partial charge in [-0.15, -0.1) is 11.8 Å². The third kappa shape index (κ3) is 7.20. The minimum absolute atomic E-state index is 0.00927. The van der Waals surface area contributed by atoms with Gasteiger partial charge >= 0.3 is 6.18 Å². The van der Waals surface area contributed by atoms with E-state index in [0.29, 0.717) is 12.1 Å². The number of rotatable bonds is 12. The predicted molar refractivity (Wildman–Crippen MR) is 153 cm³/mol. The monoisotopic (exact) mass is 560 g/mol. The summed E-state index contributed by atoms with van der Waals surface area (Å²) in [5.74, 6) is 2.43. The average Bonchev–Trinajstić information content (AvgIpc) is 2.96. The normalized spacial score (nSPS) is 16.3. The van der Waals surface area contributed by atoms with Gasteiger partial charge in [0.25, 0.3) is 0 Å². The summed E-state index contributed by atoms with van der Waals surface area (Å²) in [4.78, 5) is 7.70. The van der Waals surface area contributed by atoms with Crippen molar-refractivity contribution in [1.29, 1.82) is 0 Å². The zero-order valence-corrected chi connectivity index (χ0v) is 24.0. The summed E-state index contributed by atoms with van der Waals surface area (Å²) in [7, 11) is 1.69. The smallest absolute Gasteiger partial charge is 0.416 e. The fourth-order valence-electron chi connectivity index (χ4n) is 5.29. The van der Waals surface area contributed by atoms with E-state index >= 15 is 0 Å². The number of alkyl halides is 3. The second-order valence-electron chi connectivity index (χ2n) is 10.3. The molecule has 1 aliphatic rings. The zero-order valence-electron chi connectivity index (χ0n) is 23.2. The van der Waals surface area contributed by atoms with Crippen LogP contribution in [0.15, 0.2) is 53.6 Å². The summed E-state index contributed by atoms with van der Waals surface area (Å²) in [6.07, 6.45) is 4.98. The number of hydrogen-bond donors (Lipinski definition) is 0. The van der Waals surface area contributed by atoms with Crippen molar-refractivity contribution in [2.24, 2.45) is 0 Å². The summed E-state index contributed by atoms with van der Waals surface area (Å²) in [6, 6.07) is 12.0. The van der Waals surface area contributed by atoms with Crippen LogP contribution < -0.4 is 9.47 Å². The van der Waals surface area contributed by atoms with Crippen molar-refractivity contribution in [3.8, 4) is 11.5 Å². The number of pyridine rings is 1. The second kappa shape index (κ2) is 13.3. The molecule has 1 aromatic heterocycles. The van der Waals surface area contributed by atoms with Crippen LogP contribution in [-0.2, 0) is 11.7 Å². The van der Waals surface area contributed by atoms with E-state index in [0.717, 1.165) is 78.4 Å². The summed E-state index contributed by atoms with van der Waals surface area (Å²) >= 11 is 1.66. The van der Waals surface area contributed by atoms with Gasteiger partial charge in [0.2, 0.25) is 0 Å². The molecule has 39 heavy (non-hydrogen) atoms. The molecule has 0 N–H and O–H groups in total. The van der Waals surface area contributed by atoms with Crippen molar-refractivity contribution in [1.82, 2.24) is 9.88 Å². The summed E-state index contributed by atoms with van der Waals surface area (Å²) in [6.45, 7) is 7.47. The van der Waals surface area contributed by atoms with Gasteiger partial charge in [-0.05, 0) is 100 Å². The molecule has 1 fully saturated rings. The fourth-order valence-corrected chi connectivity index (χ4v) is 6.34. The highest BCUT2D eigenvalue weighted by Crippen LogP contribution is 2.39. The minimum atomic E-state index is -4.36. The molecular formula is C31H39F3N2O2S. The van der Waals surface area contributed by atoms with E-state index in [2.05, 4.69) is 35.9 Å². The Balaban J connectivity index is 1.25. The molecule has 212 valence electrons. The molecule has 1 unspecified atom stereocenters. The Morgan fingerprint density at radius 3 is 2.41 bits per heavy atom. The lowest BCUT2D eigenvalue weighted by Crippen LogP contribution is -2.46. The summed E-state index contributed by atoms with van der Waals surface area (Å²) in [5, 5.41) is 0.758. The molecule has 8 heteroatoms. The van der Waals surface area contributed by atoms with Gasteiger partial charge in [-0.1, -0.05) is 25.5 Å². The molecule has 0 spiro atoms. The van der Waals surface area contributed by atoms with Gasteiger partial charge in [0, 0.05) is 22.0 Å². The quantitative estimate of drug-likeness (QED) is 0.163. The van der Waals surface area contributed by atoms with Crippen molar-refractivity contribution in [2.45, 2.75) is 75.4 Å². The highest BCUT2D eigenvalue weighted by Gasteiger charge is 2.33. The Morgan fingerprint density at radius 2 is 1.69 bits per heavy atom. The Morgan fingerprint density at radius 1 is 0.923 bits per heavy atom. The molecular weight excluding hydrogens is 521 g/mol. The molecule has 4 rings (SSSR count). The van der Waals surface area contributed by atoms with Crippen LogP contribution in [0.25, 0.3) is 10.9 Å².